The fourth-order valence-corrected chi connectivity index (χ4v) is 8.38. The van der Waals surface area contributed by atoms with Gasteiger partial charge in [-0.05, 0) is 122 Å². The van der Waals surface area contributed by atoms with Gasteiger partial charge in [0, 0.05) is 0 Å². The number of hydrogen-bond donors (Lipinski definition) is 0. The van der Waals surface area contributed by atoms with Crippen LogP contribution in [0.2, 0.25) is 0 Å². The van der Waals surface area contributed by atoms with E-state index in [0.717, 1.165) is 24.8 Å². The van der Waals surface area contributed by atoms with E-state index in [1.807, 2.05) is 12.2 Å². The highest BCUT2D eigenvalue weighted by Gasteiger charge is 2.56. The summed E-state index contributed by atoms with van der Waals surface area (Å²) in [7, 11) is 0. The van der Waals surface area contributed by atoms with Crippen molar-refractivity contribution in [3.8, 4) is 0 Å². The van der Waals surface area contributed by atoms with Crippen LogP contribution >= 0.6 is 0 Å². The first-order valence-electron chi connectivity index (χ1n) is 15.8. The van der Waals surface area contributed by atoms with Crippen LogP contribution < -0.4 is 0 Å². The molecule has 212 valence electrons. The maximum atomic E-state index is 4.68. The van der Waals surface area contributed by atoms with Crippen LogP contribution in [-0.4, -0.2) is 0 Å². The summed E-state index contributed by atoms with van der Waals surface area (Å²) in [5.74, 6) is 0. The Hall–Kier alpha value is -4.94. The predicted octanol–water partition coefficient (Wildman–Crippen LogP) is 11.1. The van der Waals surface area contributed by atoms with Crippen molar-refractivity contribution < 1.29 is 0 Å². The molecule has 4 aromatic rings. The standard InChI is InChI=1S/C44H36/c1-5-6-14-31-25-26-32(30(4)29(31)3)24-23-28(2)34-19-13-22-41-42(34)38-27-33-15-7-8-16-35(33)43(38)44(41)39-20-11-9-17-36(39)37-18-10-12-21-40(37)44/h5-11,13-20,22-26H,1-2,12,21,27H2,3-4H3/b14-6-,24-23-. The van der Waals surface area contributed by atoms with E-state index in [2.05, 4.69) is 136 Å². The summed E-state index contributed by atoms with van der Waals surface area (Å²) >= 11 is 0. The van der Waals surface area contributed by atoms with E-state index in [0.29, 0.717) is 0 Å². The first-order chi connectivity index (χ1) is 21.6. The fourth-order valence-electron chi connectivity index (χ4n) is 8.38. The highest BCUT2D eigenvalue weighted by atomic mass is 14.6. The SMILES string of the molecule is C=C/C=C\c1ccc(/C=C\C(=C)c2cccc3c2C2=C(c4ccccc4C2)C32C3=C(C=CCC3)c3ccccc32)c(C)c1C. The van der Waals surface area contributed by atoms with Crippen molar-refractivity contribution in [2.24, 2.45) is 0 Å². The third-order valence-corrected chi connectivity index (χ3v) is 10.4. The van der Waals surface area contributed by atoms with Crippen LogP contribution in [0.15, 0.2) is 128 Å². The minimum atomic E-state index is -0.254. The summed E-state index contributed by atoms with van der Waals surface area (Å²) < 4.78 is 0. The van der Waals surface area contributed by atoms with Gasteiger partial charge in [0.1, 0.15) is 0 Å². The zero-order chi connectivity index (χ0) is 30.0. The van der Waals surface area contributed by atoms with Crippen LogP contribution in [0.3, 0.4) is 0 Å². The van der Waals surface area contributed by atoms with E-state index in [4.69, 9.17) is 0 Å². The molecule has 0 bridgehead atoms. The highest BCUT2D eigenvalue weighted by Crippen LogP contribution is 2.68. The normalized spacial score (nSPS) is 19.1. The number of allylic oxidation sites excluding steroid dienone is 10. The molecule has 1 atom stereocenters. The van der Waals surface area contributed by atoms with Crippen LogP contribution in [-0.2, 0) is 11.8 Å². The maximum Gasteiger partial charge on any atom is 0.0691 e. The molecular weight excluding hydrogens is 528 g/mol. The van der Waals surface area contributed by atoms with Gasteiger partial charge in [-0.2, -0.15) is 0 Å². The van der Waals surface area contributed by atoms with Crippen molar-refractivity contribution in [1.29, 1.82) is 0 Å². The molecule has 1 spiro atoms. The fraction of sp³-hybridized carbons (Fsp3) is 0.136. The molecule has 4 aliphatic rings. The number of fused-ring (bicyclic) bond motifs is 10. The Kier molecular flexibility index (Phi) is 6.10. The zero-order valence-electron chi connectivity index (χ0n) is 25.6. The lowest BCUT2D eigenvalue weighted by Gasteiger charge is -2.35. The molecule has 0 aliphatic heterocycles. The first-order valence-corrected chi connectivity index (χ1v) is 15.8. The highest BCUT2D eigenvalue weighted by molar-refractivity contribution is 6.14. The number of benzene rings is 4. The summed E-state index contributed by atoms with van der Waals surface area (Å²) in [4.78, 5) is 0. The zero-order valence-corrected chi connectivity index (χ0v) is 25.6. The Balaban J connectivity index is 1.31. The summed E-state index contributed by atoms with van der Waals surface area (Å²) in [6.45, 7) is 12.9. The molecule has 0 saturated heterocycles. The minimum absolute atomic E-state index is 0.254. The minimum Gasteiger partial charge on any atom is -0.0991 e. The lowest BCUT2D eigenvalue weighted by atomic mass is 9.65. The average molecular weight is 565 g/mol. The van der Waals surface area contributed by atoms with E-state index < -0.39 is 0 Å². The Morgan fingerprint density at radius 2 is 1.52 bits per heavy atom. The van der Waals surface area contributed by atoms with Gasteiger partial charge in [-0.25, -0.2) is 0 Å². The summed E-state index contributed by atoms with van der Waals surface area (Å²) in [5.41, 5.74) is 21.6. The second kappa shape index (κ2) is 10.1. The molecule has 0 N–H and O–H groups in total. The van der Waals surface area contributed by atoms with E-state index >= 15 is 0 Å². The van der Waals surface area contributed by atoms with Crippen LogP contribution in [0.4, 0.5) is 0 Å². The van der Waals surface area contributed by atoms with E-state index in [1.54, 1.807) is 5.57 Å². The van der Waals surface area contributed by atoms with Crippen LogP contribution in [0, 0.1) is 13.8 Å². The van der Waals surface area contributed by atoms with Crippen molar-refractivity contribution in [3.05, 3.63) is 189 Å². The van der Waals surface area contributed by atoms with Crippen molar-refractivity contribution in [1.82, 2.24) is 0 Å². The Morgan fingerprint density at radius 3 is 2.34 bits per heavy atom. The van der Waals surface area contributed by atoms with Gasteiger partial charge >= 0.3 is 0 Å². The molecule has 4 aliphatic carbocycles. The third-order valence-electron chi connectivity index (χ3n) is 10.4. The maximum absolute atomic E-state index is 4.68. The van der Waals surface area contributed by atoms with E-state index in [9.17, 15) is 0 Å². The molecule has 8 rings (SSSR count). The molecular formula is C44H36. The molecule has 1 unspecified atom stereocenters. The molecule has 44 heavy (non-hydrogen) atoms. The van der Waals surface area contributed by atoms with Crippen molar-refractivity contribution in [2.45, 2.75) is 38.5 Å². The monoisotopic (exact) mass is 564 g/mol. The lowest BCUT2D eigenvalue weighted by Crippen LogP contribution is -2.28. The van der Waals surface area contributed by atoms with Gasteiger partial charge in [-0.3, -0.25) is 0 Å². The van der Waals surface area contributed by atoms with Crippen LogP contribution in [0.5, 0.6) is 0 Å². The lowest BCUT2D eigenvalue weighted by molar-refractivity contribution is 0.749. The summed E-state index contributed by atoms with van der Waals surface area (Å²) in [5, 5.41) is 0. The quantitative estimate of drug-likeness (QED) is 0.212. The van der Waals surface area contributed by atoms with Gasteiger partial charge in [-0.15, -0.1) is 0 Å². The Bertz CT molecular complexity index is 2080. The first kappa shape index (κ1) is 26.7. The second-order valence-electron chi connectivity index (χ2n) is 12.5. The molecule has 4 aromatic carbocycles. The molecule has 0 radical (unpaired) electrons. The molecule has 0 amide bonds. The van der Waals surface area contributed by atoms with Gasteiger partial charge in [0.2, 0.25) is 0 Å². The van der Waals surface area contributed by atoms with Crippen molar-refractivity contribution >= 4 is 34.4 Å². The Labute approximate surface area is 261 Å². The van der Waals surface area contributed by atoms with Crippen molar-refractivity contribution in [2.75, 3.05) is 0 Å². The van der Waals surface area contributed by atoms with Crippen LogP contribution in [0.25, 0.3) is 34.4 Å². The molecule has 0 nitrogen and oxygen atoms in total. The molecule has 0 heteroatoms. The Morgan fingerprint density at radius 1 is 0.795 bits per heavy atom. The molecule has 0 fully saturated rings. The number of rotatable bonds is 5. The number of hydrogen-bond acceptors (Lipinski definition) is 0. The largest absolute Gasteiger partial charge is 0.0991 e. The molecule has 0 aromatic heterocycles. The van der Waals surface area contributed by atoms with E-state index in [-0.39, 0.29) is 5.41 Å². The summed E-state index contributed by atoms with van der Waals surface area (Å²) in [6.07, 6.45) is 18.3. The smallest absolute Gasteiger partial charge is 0.0691 e. The predicted molar refractivity (Wildman–Crippen MR) is 189 cm³/mol. The molecule has 0 heterocycles. The average Bonchev–Trinajstić information content (AvgIpc) is 3.68. The van der Waals surface area contributed by atoms with Gasteiger partial charge in [0.05, 0.1) is 5.41 Å². The third kappa shape index (κ3) is 3.58. The van der Waals surface area contributed by atoms with Crippen molar-refractivity contribution in [3.63, 3.8) is 0 Å². The topological polar surface area (TPSA) is 0 Å². The van der Waals surface area contributed by atoms with Gasteiger partial charge in [-0.1, -0.05) is 135 Å². The van der Waals surface area contributed by atoms with Gasteiger partial charge < -0.3 is 0 Å². The van der Waals surface area contributed by atoms with Gasteiger partial charge in [0.25, 0.3) is 0 Å². The van der Waals surface area contributed by atoms with E-state index in [1.165, 1.54) is 77.9 Å². The van der Waals surface area contributed by atoms with Crippen LogP contribution in [0.1, 0.15) is 74.0 Å². The second-order valence-corrected chi connectivity index (χ2v) is 12.5. The van der Waals surface area contributed by atoms with Gasteiger partial charge in [0.15, 0.2) is 0 Å². The summed E-state index contributed by atoms with van der Waals surface area (Å²) in [6, 6.07) is 29.6. The molecule has 0 saturated carbocycles.